The van der Waals surface area contributed by atoms with Gasteiger partial charge in [0.25, 0.3) is 0 Å². The SMILES string of the molecule is NCCCCC(NC(=O)CNC(=O)C(Cc1ccccc1)NC(=O)C(N)CS)C(=O)NC(CS)C(=O)O. The van der Waals surface area contributed by atoms with Crippen LogP contribution in [0.4, 0.5) is 0 Å². The van der Waals surface area contributed by atoms with Crippen molar-refractivity contribution in [3.63, 3.8) is 0 Å². The van der Waals surface area contributed by atoms with Gasteiger partial charge in [-0.15, -0.1) is 0 Å². The van der Waals surface area contributed by atoms with Crippen LogP contribution in [-0.2, 0) is 30.4 Å². The van der Waals surface area contributed by atoms with Gasteiger partial charge in [0.1, 0.15) is 18.1 Å². The number of carbonyl (C=O) groups is 5. The maximum atomic E-state index is 12.9. The second kappa shape index (κ2) is 17.6. The number of aliphatic carboxylic acids is 1. The summed E-state index contributed by atoms with van der Waals surface area (Å²) in [5, 5.41) is 19.0. The third-order valence-corrected chi connectivity index (χ3v) is 6.03. The summed E-state index contributed by atoms with van der Waals surface area (Å²) in [5.74, 6) is -3.85. The van der Waals surface area contributed by atoms with E-state index >= 15 is 0 Å². The van der Waals surface area contributed by atoms with Crippen LogP contribution in [0.1, 0.15) is 24.8 Å². The summed E-state index contributed by atoms with van der Waals surface area (Å²) in [5.41, 5.74) is 12.0. The van der Waals surface area contributed by atoms with Gasteiger partial charge in [-0.1, -0.05) is 30.3 Å². The zero-order valence-electron chi connectivity index (χ0n) is 20.4. The smallest absolute Gasteiger partial charge is 0.327 e. The average molecular weight is 557 g/mol. The molecule has 0 aliphatic heterocycles. The van der Waals surface area contributed by atoms with Crippen molar-refractivity contribution in [2.45, 2.75) is 49.9 Å². The number of hydrogen-bond donors (Lipinski definition) is 9. The molecule has 4 unspecified atom stereocenters. The average Bonchev–Trinajstić information content (AvgIpc) is 2.89. The minimum atomic E-state index is -1.26. The number of carboxylic acids is 1. The highest BCUT2D eigenvalue weighted by Gasteiger charge is 2.27. The summed E-state index contributed by atoms with van der Waals surface area (Å²) in [6.45, 7) is -0.0909. The summed E-state index contributed by atoms with van der Waals surface area (Å²) < 4.78 is 0. The topological polar surface area (TPSA) is 206 Å². The molecule has 0 saturated heterocycles. The van der Waals surface area contributed by atoms with E-state index < -0.39 is 60.3 Å². The van der Waals surface area contributed by atoms with Crippen LogP contribution in [-0.4, -0.2) is 83.5 Å². The Morgan fingerprint density at radius 2 is 1.49 bits per heavy atom. The van der Waals surface area contributed by atoms with E-state index in [9.17, 15) is 24.0 Å². The van der Waals surface area contributed by atoms with Crippen molar-refractivity contribution in [2.75, 3.05) is 24.6 Å². The predicted molar refractivity (Wildman–Crippen MR) is 145 cm³/mol. The van der Waals surface area contributed by atoms with E-state index in [-0.39, 0.29) is 24.3 Å². The van der Waals surface area contributed by atoms with Crippen LogP contribution >= 0.6 is 25.3 Å². The van der Waals surface area contributed by atoms with Gasteiger partial charge in [-0.2, -0.15) is 25.3 Å². The Labute approximate surface area is 226 Å². The zero-order valence-corrected chi connectivity index (χ0v) is 22.2. The molecule has 0 aromatic heterocycles. The number of carbonyl (C=O) groups excluding carboxylic acids is 4. The molecule has 0 aliphatic rings. The maximum Gasteiger partial charge on any atom is 0.327 e. The molecule has 0 radical (unpaired) electrons. The quantitative estimate of drug-likeness (QED) is 0.0788. The van der Waals surface area contributed by atoms with E-state index in [2.05, 4.69) is 46.5 Å². The Hall–Kier alpha value is -2.81. The summed E-state index contributed by atoms with van der Waals surface area (Å²) in [6.07, 6.45) is 1.48. The number of thiol groups is 2. The van der Waals surface area contributed by atoms with Gasteiger partial charge in [0.2, 0.25) is 23.6 Å². The van der Waals surface area contributed by atoms with E-state index in [4.69, 9.17) is 16.6 Å². The highest BCUT2D eigenvalue weighted by Crippen LogP contribution is 2.05. The number of carboxylic acid groups (broad SMARTS) is 1. The molecule has 14 heteroatoms. The molecule has 1 aromatic carbocycles. The van der Waals surface area contributed by atoms with E-state index in [0.717, 1.165) is 5.56 Å². The Morgan fingerprint density at radius 3 is 2.05 bits per heavy atom. The second-order valence-electron chi connectivity index (χ2n) is 8.24. The fourth-order valence-corrected chi connectivity index (χ4v) is 3.59. The van der Waals surface area contributed by atoms with E-state index in [1.165, 1.54) is 0 Å². The van der Waals surface area contributed by atoms with Crippen LogP contribution in [0.15, 0.2) is 30.3 Å². The molecular weight excluding hydrogens is 520 g/mol. The molecule has 0 heterocycles. The fourth-order valence-electron chi connectivity index (χ4n) is 3.18. The third kappa shape index (κ3) is 12.3. The van der Waals surface area contributed by atoms with E-state index in [1.54, 1.807) is 24.3 Å². The summed E-state index contributed by atoms with van der Waals surface area (Å²) >= 11 is 7.91. The molecular formula is C23H36N6O6S2. The number of benzene rings is 1. The van der Waals surface area contributed by atoms with Crippen molar-refractivity contribution in [3.8, 4) is 0 Å². The molecule has 206 valence electrons. The van der Waals surface area contributed by atoms with Crippen LogP contribution in [0, 0.1) is 0 Å². The van der Waals surface area contributed by atoms with Gasteiger partial charge in [0.15, 0.2) is 0 Å². The maximum absolute atomic E-state index is 12.9. The minimum absolute atomic E-state index is 0.0808. The van der Waals surface area contributed by atoms with Crippen LogP contribution in [0.5, 0.6) is 0 Å². The molecule has 0 fully saturated rings. The Morgan fingerprint density at radius 1 is 0.838 bits per heavy atom. The molecule has 1 rings (SSSR count). The largest absolute Gasteiger partial charge is 0.480 e. The fraction of sp³-hybridized carbons (Fsp3) is 0.522. The lowest BCUT2D eigenvalue weighted by molar-refractivity contribution is -0.141. The standard InChI is InChI=1S/C23H36N6O6S2/c24-9-5-4-8-16(22(33)29-18(13-37)23(34)35)27-19(30)11-26-21(32)17(28-20(31)15(25)12-36)10-14-6-2-1-3-7-14/h1-3,6-7,15-18,36-37H,4-5,8-13,24-25H2,(H,26,32)(H,27,30)(H,28,31)(H,29,33)(H,34,35). The molecule has 0 aliphatic carbocycles. The number of unbranched alkanes of at least 4 members (excludes halogenated alkanes) is 1. The molecule has 37 heavy (non-hydrogen) atoms. The van der Waals surface area contributed by atoms with Gasteiger partial charge < -0.3 is 37.8 Å². The summed E-state index contributed by atoms with van der Waals surface area (Å²) in [4.78, 5) is 61.5. The number of amides is 4. The highest BCUT2D eigenvalue weighted by molar-refractivity contribution is 7.80. The normalized spacial score (nSPS) is 13.9. The van der Waals surface area contributed by atoms with Crippen molar-refractivity contribution in [3.05, 3.63) is 35.9 Å². The number of rotatable bonds is 17. The second-order valence-corrected chi connectivity index (χ2v) is 8.97. The predicted octanol–water partition coefficient (Wildman–Crippen LogP) is -1.80. The molecule has 4 amide bonds. The van der Waals surface area contributed by atoms with Crippen molar-refractivity contribution in [1.29, 1.82) is 0 Å². The minimum Gasteiger partial charge on any atom is -0.480 e. The zero-order chi connectivity index (χ0) is 27.8. The lowest BCUT2D eigenvalue weighted by Gasteiger charge is -2.22. The highest BCUT2D eigenvalue weighted by atomic mass is 32.1. The Kier molecular flexibility index (Phi) is 15.3. The molecule has 9 N–H and O–H groups in total. The van der Waals surface area contributed by atoms with Gasteiger partial charge in [0.05, 0.1) is 12.6 Å². The van der Waals surface area contributed by atoms with Crippen molar-refractivity contribution in [2.24, 2.45) is 11.5 Å². The van der Waals surface area contributed by atoms with Crippen molar-refractivity contribution < 1.29 is 29.1 Å². The summed E-state index contributed by atoms with van der Waals surface area (Å²) in [7, 11) is 0. The number of nitrogens with one attached hydrogen (secondary N) is 4. The third-order valence-electron chi connectivity index (χ3n) is 5.27. The number of hydrogen-bond acceptors (Lipinski definition) is 9. The van der Waals surface area contributed by atoms with Crippen LogP contribution in [0.2, 0.25) is 0 Å². The van der Waals surface area contributed by atoms with Gasteiger partial charge in [-0.3, -0.25) is 19.2 Å². The van der Waals surface area contributed by atoms with Gasteiger partial charge in [-0.05, 0) is 31.4 Å². The van der Waals surface area contributed by atoms with E-state index in [1.807, 2.05) is 6.07 Å². The first-order valence-electron chi connectivity index (χ1n) is 11.7. The van der Waals surface area contributed by atoms with Crippen LogP contribution in [0.3, 0.4) is 0 Å². The first-order valence-corrected chi connectivity index (χ1v) is 13.0. The first kappa shape index (κ1) is 32.2. The molecule has 12 nitrogen and oxygen atoms in total. The molecule has 4 atom stereocenters. The van der Waals surface area contributed by atoms with Crippen LogP contribution in [0.25, 0.3) is 0 Å². The Balaban J connectivity index is 2.83. The lowest BCUT2D eigenvalue weighted by atomic mass is 10.0. The van der Waals surface area contributed by atoms with Crippen LogP contribution < -0.4 is 32.7 Å². The first-order chi connectivity index (χ1) is 17.6. The van der Waals surface area contributed by atoms with E-state index in [0.29, 0.717) is 19.4 Å². The van der Waals surface area contributed by atoms with Gasteiger partial charge >= 0.3 is 5.97 Å². The Bertz CT molecular complexity index is 907. The van der Waals surface area contributed by atoms with Gasteiger partial charge in [0, 0.05) is 17.9 Å². The monoisotopic (exact) mass is 556 g/mol. The lowest BCUT2D eigenvalue weighted by Crippen LogP contribution is -2.56. The summed E-state index contributed by atoms with van der Waals surface area (Å²) in [6, 6.07) is 4.78. The molecule has 1 aromatic rings. The molecule has 0 saturated carbocycles. The van der Waals surface area contributed by atoms with Crippen molar-refractivity contribution >= 4 is 54.9 Å². The number of nitrogens with two attached hydrogens (primary N) is 2. The van der Waals surface area contributed by atoms with Crippen molar-refractivity contribution in [1.82, 2.24) is 21.3 Å². The van der Waals surface area contributed by atoms with Gasteiger partial charge in [-0.25, -0.2) is 4.79 Å². The molecule has 0 bridgehead atoms. The molecule has 0 spiro atoms.